The summed E-state index contributed by atoms with van der Waals surface area (Å²) in [5.41, 5.74) is 2.33. The van der Waals surface area contributed by atoms with Crippen molar-refractivity contribution in [3.8, 4) is 0 Å². The van der Waals surface area contributed by atoms with Crippen LogP contribution in [0.4, 0.5) is 16.2 Å². The molecule has 5 heteroatoms. The van der Waals surface area contributed by atoms with Crippen molar-refractivity contribution in [2.75, 3.05) is 10.6 Å². The molecule has 0 fully saturated rings. The van der Waals surface area contributed by atoms with Gasteiger partial charge in [-0.15, -0.1) is 0 Å². The molecular formula is C25H40N2O3. The molecule has 0 aliphatic heterocycles. The Hall–Kier alpha value is -2.82. The third kappa shape index (κ3) is 12.6. The number of carbonyl (C=O) groups excluding carboxylic acids is 2. The summed E-state index contributed by atoms with van der Waals surface area (Å²) in [6.07, 6.45) is -0.528. The zero-order chi connectivity index (χ0) is 23.7. The number of carbonyl (C=O) groups is 2. The average molecular weight is 417 g/mol. The molecule has 168 valence electrons. The topological polar surface area (TPSA) is 67.4 Å². The highest BCUT2D eigenvalue weighted by molar-refractivity contribution is 6.04. The second-order valence-electron chi connectivity index (χ2n) is 6.53. The highest BCUT2D eigenvalue weighted by Crippen LogP contribution is 2.15. The van der Waals surface area contributed by atoms with Crippen LogP contribution in [-0.2, 0) is 4.74 Å². The summed E-state index contributed by atoms with van der Waals surface area (Å²) < 4.78 is 5.18. The van der Waals surface area contributed by atoms with Crippen LogP contribution in [0, 0.1) is 6.92 Å². The normalized spacial score (nSPS) is 9.27. The quantitative estimate of drug-likeness (QED) is 0.539. The Morgan fingerprint density at radius 1 is 0.767 bits per heavy atom. The van der Waals surface area contributed by atoms with Crippen LogP contribution in [0.3, 0.4) is 0 Å². The molecule has 2 amide bonds. The molecule has 0 aliphatic rings. The van der Waals surface area contributed by atoms with Crippen molar-refractivity contribution < 1.29 is 14.3 Å². The number of hydrogen-bond donors (Lipinski definition) is 2. The largest absolute Gasteiger partial charge is 0.444 e. The maximum Gasteiger partial charge on any atom is 0.412 e. The molecular weight excluding hydrogens is 376 g/mol. The Labute approximate surface area is 183 Å². The van der Waals surface area contributed by atoms with Crippen molar-refractivity contribution in [1.82, 2.24) is 0 Å². The molecule has 0 aromatic heterocycles. The van der Waals surface area contributed by atoms with E-state index in [9.17, 15) is 9.59 Å². The molecule has 2 N–H and O–H groups in total. The fraction of sp³-hybridized carbons (Fsp3) is 0.440. The number of nitrogens with one attached hydrogen (secondary N) is 2. The zero-order valence-corrected chi connectivity index (χ0v) is 20.3. The first-order chi connectivity index (χ1) is 14.2. The van der Waals surface area contributed by atoms with Gasteiger partial charge in [0.2, 0.25) is 0 Å². The van der Waals surface area contributed by atoms with Gasteiger partial charge in [0.15, 0.2) is 0 Å². The molecule has 0 aliphatic carbocycles. The Morgan fingerprint density at radius 2 is 1.30 bits per heavy atom. The summed E-state index contributed by atoms with van der Waals surface area (Å²) in [4.78, 5) is 23.9. The third-order valence-corrected chi connectivity index (χ3v) is 3.07. The van der Waals surface area contributed by atoms with Crippen LogP contribution in [0.15, 0.2) is 48.5 Å². The van der Waals surface area contributed by atoms with E-state index in [1.807, 2.05) is 72.7 Å². The number of amides is 2. The van der Waals surface area contributed by atoms with Gasteiger partial charge in [-0.1, -0.05) is 53.7 Å². The van der Waals surface area contributed by atoms with E-state index in [2.05, 4.69) is 10.6 Å². The Bertz CT molecular complexity index is 733. The predicted molar refractivity (Wildman–Crippen MR) is 129 cm³/mol. The fourth-order valence-corrected chi connectivity index (χ4v) is 2.05. The van der Waals surface area contributed by atoms with Crippen LogP contribution >= 0.6 is 0 Å². The number of anilines is 2. The first-order valence-electron chi connectivity index (χ1n) is 10.7. The van der Waals surface area contributed by atoms with Crippen LogP contribution < -0.4 is 10.6 Å². The van der Waals surface area contributed by atoms with Gasteiger partial charge in [-0.3, -0.25) is 10.1 Å². The molecule has 2 rings (SSSR count). The van der Waals surface area contributed by atoms with Crippen LogP contribution in [-0.4, -0.2) is 17.6 Å². The number of benzene rings is 2. The third-order valence-electron chi connectivity index (χ3n) is 3.07. The molecule has 0 saturated carbocycles. The molecule has 2 aromatic carbocycles. The Balaban J connectivity index is 0. The van der Waals surface area contributed by atoms with Gasteiger partial charge >= 0.3 is 6.09 Å². The minimum Gasteiger partial charge on any atom is -0.444 e. The van der Waals surface area contributed by atoms with Crippen molar-refractivity contribution >= 4 is 23.4 Å². The first kappa shape index (κ1) is 29.4. The van der Waals surface area contributed by atoms with Crippen molar-refractivity contribution in [1.29, 1.82) is 0 Å². The summed E-state index contributed by atoms with van der Waals surface area (Å²) in [5, 5.41) is 5.47. The SMILES string of the molecule is CC.CC.CC.Cc1cccc(NC(=O)c2ccc(NC(=O)OC(C)(C)C)cc2)c1. The first-order valence-corrected chi connectivity index (χ1v) is 10.7. The number of aryl methyl sites for hydroxylation is 1. The molecule has 30 heavy (non-hydrogen) atoms. The molecule has 0 atom stereocenters. The van der Waals surface area contributed by atoms with Crippen LogP contribution in [0.5, 0.6) is 0 Å². The van der Waals surface area contributed by atoms with Gasteiger partial charge in [-0.05, 0) is 69.7 Å². The van der Waals surface area contributed by atoms with Gasteiger partial charge in [0.25, 0.3) is 5.91 Å². The van der Waals surface area contributed by atoms with E-state index in [1.165, 1.54) is 0 Å². The van der Waals surface area contributed by atoms with Crippen LogP contribution in [0.2, 0.25) is 0 Å². The molecule has 0 radical (unpaired) electrons. The maximum absolute atomic E-state index is 12.2. The molecule has 0 saturated heterocycles. The molecule has 0 spiro atoms. The van der Waals surface area contributed by atoms with Crippen LogP contribution in [0.25, 0.3) is 0 Å². The molecule has 5 nitrogen and oxygen atoms in total. The van der Waals surface area contributed by atoms with E-state index in [-0.39, 0.29) is 5.91 Å². The fourth-order valence-electron chi connectivity index (χ4n) is 2.05. The molecule has 0 heterocycles. The lowest BCUT2D eigenvalue weighted by atomic mass is 10.1. The van der Waals surface area contributed by atoms with Gasteiger partial charge in [-0.2, -0.15) is 0 Å². The molecule has 0 unspecified atom stereocenters. The maximum atomic E-state index is 12.2. The standard InChI is InChI=1S/C19H22N2O3.3C2H6/c1-13-6-5-7-16(12-13)20-17(22)14-8-10-15(11-9-14)21-18(23)24-19(2,3)4;3*1-2/h5-12H,1-4H3,(H,20,22)(H,21,23);3*1-2H3. The van der Waals surface area contributed by atoms with E-state index < -0.39 is 11.7 Å². The Kier molecular flexibility index (Phi) is 15.7. The summed E-state index contributed by atoms with van der Waals surface area (Å²) in [5.74, 6) is -0.204. The number of hydrogen-bond acceptors (Lipinski definition) is 3. The van der Waals surface area contributed by atoms with Gasteiger partial charge in [0, 0.05) is 16.9 Å². The molecule has 0 bridgehead atoms. The summed E-state index contributed by atoms with van der Waals surface area (Å²) in [7, 11) is 0. The minimum atomic E-state index is -0.558. The summed E-state index contributed by atoms with van der Waals surface area (Å²) in [6.45, 7) is 19.4. The van der Waals surface area contributed by atoms with E-state index in [4.69, 9.17) is 4.74 Å². The minimum absolute atomic E-state index is 0.204. The predicted octanol–water partition coefficient (Wildman–Crippen LogP) is 7.67. The monoisotopic (exact) mass is 416 g/mol. The molecule has 2 aromatic rings. The second-order valence-corrected chi connectivity index (χ2v) is 6.53. The average Bonchev–Trinajstić information content (AvgIpc) is 2.71. The second kappa shape index (κ2) is 16.0. The van der Waals surface area contributed by atoms with Gasteiger partial charge in [-0.25, -0.2) is 4.79 Å². The van der Waals surface area contributed by atoms with Crippen LogP contribution in [0.1, 0.15) is 78.2 Å². The number of rotatable bonds is 3. The van der Waals surface area contributed by atoms with E-state index in [0.717, 1.165) is 11.3 Å². The smallest absolute Gasteiger partial charge is 0.412 e. The number of ether oxygens (including phenoxy) is 1. The lowest BCUT2D eigenvalue weighted by molar-refractivity contribution is 0.0636. The van der Waals surface area contributed by atoms with E-state index in [0.29, 0.717) is 11.3 Å². The summed E-state index contributed by atoms with van der Waals surface area (Å²) >= 11 is 0. The Morgan fingerprint density at radius 3 is 1.77 bits per heavy atom. The lowest BCUT2D eigenvalue weighted by Gasteiger charge is -2.19. The van der Waals surface area contributed by atoms with Crippen molar-refractivity contribution in [3.05, 3.63) is 59.7 Å². The highest BCUT2D eigenvalue weighted by atomic mass is 16.6. The summed E-state index contributed by atoms with van der Waals surface area (Å²) in [6, 6.07) is 14.2. The van der Waals surface area contributed by atoms with E-state index in [1.54, 1.807) is 45.0 Å². The van der Waals surface area contributed by atoms with Gasteiger partial charge in [0.05, 0.1) is 0 Å². The van der Waals surface area contributed by atoms with Crippen molar-refractivity contribution in [3.63, 3.8) is 0 Å². The van der Waals surface area contributed by atoms with Crippen molar-refractivity contribution in [2.45, 2.75) is 74.8 Å². The van der Waals surface area contributed by atoms with Crippen molar-refractivity contribution in [2.24, 2.45) is 0 Å². The lowest BCUT2D eigenvalue weighted by Crippen LogP contribution is -2.27. The van der Waals surface area contributed by atoms with Gasteiger partial charge in [0.1, 0.15) is 5.60 Å². The highest BCUT2D eigenvalue weighted by Gasteiger charge is 2.16. The zero-order valence-electron chi connectivity index (χ0n) is 20.3. The van der Waals surface area contributed by atoms with Gasteiger partial charge < -0.3 is 10.1 Å². The van der Waals surface area contributed by atoms with E-state index >= 15 is 0 Å².